The summed E-state index contributed by atoms with van der Waals surface area (Å²) in [7, 11) is 0. The Hall–Kier alpha value is -0.640. The largest absolute Gasteiger partial charge is 0.308 e. The molecule has 0 spiro atoms. The van der Waals surface area contributed by atoms with Crippen molar-refractivity contribution in [3.8, 4) is 0 Å². The van der Waals surface area contributed by atoms with Crippen LogP contribution in [0.4, 0.5) is 0 Å². The number of rotatable bonds is 7. The molecule has 0 aliphatic heterocycles. The maximum absolute atomic E-state index is 3.80. The van der Waals surface area contributed by atoms with E-state index in [1.165, 1.54) is 9.75 Å². The molecule has 0 saturated heterocycles. The van der Waals surface area contributed by atoms with Crippen LogP contribution in [0.3, 0.4) is 0 Å². The van der Waals surface area contributed by atoms with Gasteiger partial charge in [0.25, 0.3) is 0 Å². The fourth-order valence-corrected chi connectivity index (χ4v) is 3.54. The van der Waals surface area contributed by atoms with Crippen LogP contribution in [0, 0.1) is 11.3 Å². The van der Waals surface area contributed by atoms with Crippen LogP contribution < -0.4 is 5.32 Å². The highest BCUT2D eigenvalue weighted by molar-refractivity contribution is 7.10. The average molecular weight is 308 g/mol. The lowest BCUT2D eigenvalue weighted by molar-refractivity contribution is 0.228. The summed E-state index contributed by atoms with van der Waals surface area (Å²) in [6, 6.07) is 9.21. The summed E-state index contributed by atoms with van der Waals surface area (Å²) in [5.41, 5.74) is 0.324. The van der Waals surface area contributed by atoms with Crippen LogP contribution in [0.25, 0.3) is 0 Å². The van der Waals surface area contributed by atoms with Gasteiger partial charge in [-0.2, -0.15) is 0 Å². The molecule has 2 rings (SSSR count). The average Bonchev–Trinajstić information content (AvgIpc) is 3.07. The summed E-state index contributed by atoms with van der Waals surface area (Å²) in [5, 5.41) is 8.14. The summed E-state index contributed by atoms with van der Waals surface area (Å²) in [6.07, 6.45) is 1.09. The zero-order valence-electron chi connectivity index (χ0n) is 12.8. The van der Waals surface area contributed by atoms with Gasteiger partial charge in [-0.1, -0.05) is 39.8 Å². The fourth-order valence-electron chi connectivity index (χ4n) is 1.98. The van der Waals surface area contributed by atoms with E-state index in [0.717, 1.165) is 13.0 Å². The Kier molecular flexibility index (Phi) is 5.42. The minimum atomic E-state index is 0.324. The van der Waals surface area contributed by atoms with Crippen molar-refractivity contribution < 1.29 is 0 Å². The number of thiophene rings is 2. The molecule has 1 atom stereocenters. The van der Waals surface area contributed by atoms with E-state index in [1.54, 1.807) is 0 Å². The second kappa shape index (κ2) is 6.88. The molecule has 1 nitrogen and oxygen atoms in total. The maximum Gasteiger partial charge on any atom is 0.0463 e. The topological polar surface area (TPSA) is 12.0 Å². The Bertz CT molecular complexity index is 483. The molecule has 0 bridgehead atoms. The molecule has 0 radical (unpaired) electrons. The van der Waals surface area contributed by atoms with Crippen LogP contribution in [0.1, 0.15) is 43.5 Å². The molecule has 20 heavy (non-hydrogen) atoms. The third-order valence-corrected chi connectivity index (χ3v) is 6.12. The van der Waals surface area contributed by atoms with Crippen molar-refractivity contribution in [2.24, 2.45) is 11.3 Å². The zero-order valence-corrected chi connectivity index (χ0v) is 14.5. The van der Waals surface area contributed by atoms with Gasteiger partial charge in [0.1, 0.15) is 0 Å². The summed E-state index contributed by atoms with van der Waals surface area (Å²) in [4.78, 5) is 2.90. The van der Waals surface area contributed by atoms with E-state index in [-0.39, 0.29) is 0 Å². The highest BCUT2D eigenvalue weighted by atomic mass is 32.1. The van der Waals surface area contributed by atoms with Gasteiger partial charge in [0.15, 0.2) is 0 Å². The van der Waals surface area contributed by atoms with Gasteiger partial charge in [-0.25, -0.2) is 0 Å². The van der Waals surface area contributed by atoms with Gasteiger partial charge in [-0.15, -0.1) is 22.7 Å². The molecule has 0 aliphatic carbocycles. The van der Waals surface area contributed by atoms with Crippen molar-refractivity contribution in [2.45, 2.75) is 40.2 Å². The molecule has 2 aromatic heterocycles. The van der Waals surface area contributed by atoms with Crippen molar-refractivity contribution in [2.75, 3.05) is 6.54 Å². The third-order valence-electron chi connectivity index (χ3n) is 4.24. The summed E-state index contributed by atoms with van der Waals surface area (Å²) < 4.78 is 0. The van der Waals surface area contributed by atoms with Crippen molar-refractivity contribution in [1.29, 1.82) is 0 Å². The molecule has 2 heterocycles. The molecule has 1 unspecified atom stereocenters. The molecular formula is C17H25NS2. The van der Waals surface area contributed by atoms with Crippen LogP contribution in [-0.4, -0.2) is 6.54 Å². The summed E-state index contributed by atoms with van der Waals surface area (Å²) in [5.74, 6) is 0.681. The van der Waals surface area contributed by atoms with Gasteiger partial charge in [0, 0.05) is 28.8 Å². The smallest absolute Gasteiger partial charge is 0.0463 e. The first kappa shape index (κ1) is 15.7. The first-order valence-electron chi connectivity index (χ1n) is 7.28. The van der Waals surface area contributed by atoms with Crippen LogP contribution in [0.2, 0.25) is 0 Å². The molecule has 110 valence electrons. The first-order valence-corrected chi connectivity index (χ1v) is 9.04. The minimum absolute atomic E-state index is 0.324. The van der Waals surface area contributed by atoms with Gasteiger partial charge in [0.2, 0.25) is 0 Å². The van der Waals surface area contributed by atoms with E-state index in [4.69, 9.17) is 0 Å². The van der Waals surface area contributed by atoms with E-state index in [2.05, 4.69) is 68.0 Å². The molecule has 0 fully saturated rings. The zero-order chi connectivity index (χ0) is 14.6. The van der Waals surface area contributed by atoms with E-state index < -0.39 is 0 Å². The van der Waals surface area contributed by atoms with Gasteiger partial charge in [0.05, 0.1) is 0 Å². The van der Waals surface area contributed by atoms with Crippen molar-refractivity contribution in [3.05, 3.63) is 44.8 Å². The second-order valence-electron chi connectivity index (χ2n) is 6.38. The van der Waals surface area contributed by atoms with Crippen LogP contribution >= 0.6 is 22.7 Å². The molecule has 1 N–H and O–H groups in total. The molecular weight excluding hydrogens is 282 g/mol. The predicted molar refractivity (Wildman–Crippen MR) is 91.7 cm³/mol. The lowest BCUT2D eigenvalue weighted by atomic mass is 9.81. The van der Waals surface area contributed by atoms with E-state index in [0.29, 0.717) is 17.4 Å². The lowest BCUT2D eigenvalue weighted by Crippen LogP contribution is -2.36. The quantitative estimate of drug-likeness (QED) is 0.725. The summed E-state index contributed by atoms with van der Waals surface area (Å²) in [6.45, 7) is 10.4. The Balaban J connectivity index is 2.04. The van der Waals surface area contributed by atoms with Gasteiger partial charge < -0.3 is 5.32 Å². The number of hydrogen-bond acceptors (Lipinski definition) is 3. The minimum Gasteiger partial charge on any atom is -0.308 e. The molecule has 3 heteroatoms. The third kappa shape index (κ3) is 4.18. The Morgan fingerprint density at radius 2 is 1.80 bits per heavy atom. The predicted octanol–water partition coefficient (Wildman–Crippen LogP) is 5.37. The van der Waals surface area contributed by atoms with Crippen molar-refractivity contribution in [3.63, 3.8) is 0 Å². The molecule has 0 amide bonds. The van der Waals surface area contributed by atoms with E-state index in [1.807, 2.05) is 22.7 Å². The standard InChI is InChI=1S/C17H25NS2/c1-13(2)17(3,4)12-18-15(16-8-6-10-20-16)11-14-7-5-9-19-14/h5-10,13,15,18H,11-12H2,1-4H3. The molecule has 0 saturated carbocycles. The Morgan fingerprint density at radius 3 is 2.35 bits per heavy atom. The Morgan fingerprint density at radius 1 is 1.10 bits per heavy atom. The van der Waals surface area contributed by atoms with Crippen molar-refractivity contribution >= 4 is 22.7 Å². The van der Waals surface area contributed by atoms with Crippen LogP contribution in [0.15, 0.2) is 35.0 Å². The van der Waals surface area contributed by atoms with Crippen molar-refractivity contribution in [1.82, 2.24) is 5.32 Å². The fraction of sp³-hybridized carbons (Fsp3) is 0.529. The normalized spacial score (nSPS) is 13.8. The van der Waals surface area contributed by atoms with Gasteiger partial charge >= 0.3 is 0 Å². The number of hydrogen-bond donors (Lipinski definition) is 1. The first-order chi connectivity index (χ1) is 9.49. The monoisotopic (exact) mass is 307 g/mol. The SMILES string of the molecule is CC(C)C(C)(C)CNC(Cc1cccs1)c1cccs1. The molecule has 2 aromatic rings. The van der Waals surface area contributed by atoms with E-state index >= 15 is 0 Å². The molecule has 0 aliphatic rings. The summed E-state index contributed by atoms with van der Waals surface area (Å²) >= 11 is 3.71. The molecule has 0 aromatic carbocycles. The van der Waals surface area contributed by atoms with Crippen LogP contribution in [-0.2, 0) is 6.42 Å². The lowest BCUT2D eigenvalue weighted by Gasteiger charge is -2.31. The number of nitrogens with one attached hydrogen (secondary N) is 1. The highest BCUT2D eigenvalue weighted by Crippen LogP contribution is 2.29. The maximum atomic E-state index is 3.80. The van der Waals surface area contributed by atoms with Gasteiger partial charge in [-0.05, 0) is 34.2 Å². The second-order valence-corrected chi connectivity index (χ2v) is 8.39. The Labute approximate surface area is 131 Å². The van der Waals surface area contributed by atoms with Gasteiger partial charge in [-0.3, -0.25) is 0 Å². The highest BCUT2D eigenvalue weighted by Gasteiger charge is 2.24. The van der Waals surface area contributed by atoms with Crippen LogP contribution in [0.5, 0.6) is 0 Å². The van der Waals surface area contributed by atoms with E-state index in [9.17, 15) is 0 Å².